The first-order chi connectivity index (χ1) is 2.00. The van der Waals surface area contributed by atoms with E-state index in [1.165, 1.54) is 0 Å². The molecule has 0 saturated heterocycles. The Morgan fingerprint density at radius 3 is 0.714 bits per heavy atom. The van der Waals surface area contributed by atoms with E-state index in [2.05, 4.69) is 0 Å². The van der Waals surface area contributed by atoms with Gasteiger partial charge in [0.05, 0.1) is 0 Å². The van der Waals surface area contributed by atoms with Crippen LogP contribution >= 0.6 is 37.7 Å². The Labute approximate surface area is 106 Å². The number of rotatable bonds is 0. The molecule has 0 aromatic carbocycles. The summed E-state index contributed by atoms with van der Waals surface area (Å²) in [6.45, 7) is 0. The van der Waals surface area contributed by atoms with Gasteiger partial charge in [-0.25, -0.2) is 0 Å². The Balaban J connectivity index is -0.0000000800. The Morgan fingerprint density at radius 2 is 0.714 bits per heavy atom. The van der Waals surface area contributed by atoms with Crippen molar-refractivity contribution in [3.63, 3.8) is 0 Å². The molecule has 0 aliphatic carbocycles. The fraction of sp³-hybridized carbons (Fsp3) is 0. The van der Waals surface area contributed by atoms with Crippen LogP contribution in [0.2, 0.25) is 0 Å². The fourth-order valence-corrected chi connectivity index (χ4v) is 0. The summed E-state index contributed by atoms with van der Waals surface area (Å²) in [5.41, 5.74) is 0. The van der Waals surface area contributed by atoms with Crippen molar-refractivity contribution in [1.82, 2.24) is 0 Å². The first kappa shape index (κ1) is 17.1. The zero-order valence-corrected chi connectivity index (χ0v) is 13.1. The van der Waals surface area contributed by atoms with Crippen molar-refractivity contribution in [2.75, 3.05) is 0 Å². The molecule has 0 heterocycles. The van der Waals surface area contributed by atoms with Gasteiger partial charge in [0.25, 0.3) is 0 Å². The fourth-order valence-electron chi connectivity index (χ4n) is 0. The summed E-state index contributed by atoms with van der Waals surface area (Å²) in [4.78, 5) is 0. The summed E-state index contributed by atoms with van der Waals surface area (Å²) < 4.78 is 0. The van der Waals surface area contributed by atoms with E-state index in [0.717, 1.165) is 0 Å². The summed E-state index contributed by atoms with van der Waals surface area (Å²) in [7, 11) is 20.0. The van der Waals surface area contributed by atoms with Crippen molar-refractivity contribution < 1.29 is 11.9 Å². The van der Waals surface area contributed by atoms with E-state index in [0.29, 0.717) is 0 Å². The molecular formula is Cl4Na2Pt. The van der Waals surface area contributed by atoms with Gasteiger partial charge in [0, 0.05) is 59.1 Å². The minimum absolute atomic E-state index is 0. The quantitative estimate of drug-likeness (QED) is 0.562. The van der Waals surface area contributed by atoms with Crippen LogP contribution in [0.1, 0.15) is 0 Å². The molecule has 2 radical (unpaired) electrons. The molecule has 0 amide bonds. The maximum atomic E-state index is 5.01. The summed E-state index contributed by atoms with van der Waals surface area (Å²) in [6.07, 6.45) is 0. The largest absolute Gasteiger partial charge is 0 e. The van der Waals surface area contributed by atoms with Gasteiger partial charge in [0.15, 0.2) is 0 Å². The second-order valence-electron chi connectivity index (χ2n) is 0.271. The van der Waals surface area contributed by atoms with E-state index in [1.54, 1.807) is 0 Å². The molecule has 0 aliphatic rings. The standard InChI is InChI=1S/4ClH.2Na.Pt/h4*1H;;;/q;;;;;;+4/p-4. The second-order valence-corrected chi connectivity index (χ2v) is 20.0. The molecule has 0 unspecified atom stereocenters. The van der Waals surface area contributed by atoms with E-state index < -0.39 is 11.9 Å². The third kappa shape index (κ3) is 41.0. The van der Waals surface area contributed by atoms with Crippen LogP contribution in [0.15, 0.2) is 0 Å². The molecule has 0 aromatic heterocycles. The SMILES string of the molecule is [Cl][Pt]([Cl])([Cl])[Cl].[Na].[Na]. The van der Waals surface area contributed by atoms with Crippen LogP contribution in [0.25, 0.3) is 0 Å². The minimum atomic E-state index is -3.06. The van der Waals surface area contributed by atoms with Gasteiger partial charge >= 0.3 is 49.6 Å². The Kier molecular flexibility index (Phi) is 19.4. The van der Waals surface area contributed by atoms with Gasteiger partial charge in [-0.2, -0.15) is 0 Å². The van der Waals surface area contributed by atoms with E-state index in [4.69, 9.17) is 37.7 Å². The molecule has 0 bridgehead atoms. The number of halogens is 4. The van der Waals surface area contributed by atoms with Gasteiger partial charge < -0.3 is 0 Å². The minimum Gasteiger partial charge on any atom is 0 e. The molecule has 0 nitrogen and oxygen atoms in total. The van der Waals surface area contributed by atoms with Crippen molar-refractivity contribution in [2.45, 2.75) is 0 Å². The summed E-state index contributed by atoms with van der Waals surface area (Å²) in [5.74, 6) is 0. The third-order valence-electron chi connectivity index (χ3n) is 0. The first-order valence-corrected chi connectivity index (χ1v) is 11.7. The molecule has 0 fully saturated rings. The van der Waals surface area contributed by atoms with Crippen LogP contribution in [0.4, 0.5) is 0 Å². The molecule has 0 N–H and O–H groups in total. The zero-order chi connectivity index (χ0) is 4.50. The van der Waals surface area contributed by atoms with Crippen molar-refractivity contribution in [1.29, 1.82) is 0 Å². The van der Waals surface area contributed by atoms with Gasteiger partial charge in [-0.05, 0) is 0 Å². The van der Waals surface area contributed by atoms with Crippen LogP contribution in [-0.4, -0.2) is 59.1 Å². The van der Waals surface area contributed by atoms with Crippen molar-refractivity contribution in [3.8, 4) is 0 Å². The monoisotopic (exact) mass is 381 g/mol. The Bertz CT molecular complexity index is 25.2. The van der Waals surface area contributed by atoms with Crippen LogP contribution in [0.5, 0.6) is 0 Å². The normalized spacial score (nSPS) is 10.9. The maximum absolute atomic E-state index is 5.01. The van der Waals surface area contributed by atoms with Crippen LogP contribution in [0, 0.1) is 0 Å². The number of hydrogen-bond acceptors (Lipinski definition) is 0. The summed E-state index contributed by atoms with van der Waals surface area (Å²) in [6, 6.07) is 0. The zero-order valence-electron chi connectivity index (χ0n) is 3.83. The van der Waals surface area contributed by atoms with E-state index in [1.807, 2.05) is 0 Å². The Hall–Kier alpha value is 3.85. The molecule has 7 heavy (non-hydrogen) atoms. The molecule has 0 aromatic rings. The van der Waals surface area contributed by atoms with Crippen molar-refractivity contribution in [2.24, 2.45) is 0 Å². The molecule has 0 aliphatic heterocycles. The number of hydrogen-bond donors (Lipinski definition) is 0. The van der Waals surface area contributed by atoms with Gasteiger partial charge in [-0.3, -0.25) is 0 Å². The third-order valence-corrected chi connectivity index (χ3v) is 0. The summed E-state index contributed by atoms with van der Waals surface area (Å²) in [5, 5.41) is 0. The van der Waals surface area contributed by atoms with Gasteiger partial charge in [0.2, 0.25) is 0 Å². The molecule has 0 atom stereocenters. The topological polar surface area (TPSA) is 0 Å². The first-order valence-electron chi connectivity index (χ1n) is 0.478. The predicted octanol–water partition coefficient (Wildman–Crippen LogP) is 1.99. The predicted molar refractivity (Wildman–Crippen MR) is 34.9 cm³/mol. The van der Waals surface area contributed by atoms with Crippen LogP contribution in [-0.2, 0) is 11.9 Å². The molecular weight excluding hydrogens is 383 g/mol. The second kappa shape index (κ2) is 7.95. The smallest absolute Gasteiger partial charge is 0 e. The van der Waals surface area contributed by atoms with Gasteiger partial charge in [-0.15, -0.1) is 0 Å². The average Bonchev–Trinajstić information content (AvgIpc) is 0.722. The molecule has 0 saturated carbocycles. The molecule has 0 spiro atoms. The molecule has 0 rings (SSSR count). The van der Waals surface area contributed by atoms with E-state index in [9.17, 15) is 0 Å². The van der Waals surface area contributed by atoms with E-state index >= 15 is 0 Å². The van der Waals surface area contributed by atoms with E-state index in [-0.39, 0.29) is 59.1 Å². The average molecular weight is 383 g/mol. The van der Waals surface area contributed by atoms with Gasteiger partial charge in [-0.1, -0.05) is 0 Å². The summed E-state index contributed by atoms with van der Waals surface area (Å²) >= 11 is -3.06. The van der Waals surface area contributed by atoms with Crippen molar-refractivity contribution in [3.05, 3.63) is 0 Å². The van der Waals surface area contributed by atoms with Gasteiger partial charge in [0.1, 0.15) is 0 Å². The van der Waals surface area contributed by atoms with Crippen LogP contribution < -0.4 is 0 Å². The van der Waals surface area contributed by atoms with Crippen molar-refractivity contribution >= 4 is 96.8 Å². The van der Waals surface area contributed by atoms with Crippen LogP contribution in [0.3, 0.4) is 0 Å². The molecule has 7 heteroatoms. The molecule has 40 valence electrons. The Morgan fingerprint density at radius 1 is 0.714 bits per heavy atom. The maximum Gasteiger partial charge on any atom is 0 e.